The van der Waals surface area contributed by atoms with Crippen molar-refractivity contribution in [3.05, 3.63) is 17.6 Å². The van der Waals surface area contributed by atoms with Crippen LogP contribution in [0, 0.1) is 0 Å². The largest absolute Gasteiger partial charge is 0.308 e. The number of nitrogens with two attached hydrogens (primary N) is 1. The molecule has 3 N–H and O–H groups in total. The lowest BCUT2D eigenvalue weighted by molar-refractivity contribution is 0.834. The number of nitrogens with one attached hydrogen (secondary N) is 1. The molecule has 0 bridgehead atoms. The van der Waals surface area contributed by atoms with Crippen LogP contribution in [-0.2, 0) is 12.8 Å². The van der Waals surface area contributed by atoms with Gasteiger partial charge < -0.3 is 5.43 Å². The lowest BCUT2D eigenvalue weighted by Crippen LogP contribution is -2.11. The van der Waals surface area contributed by atoms with Gasteiger partial charge in [0.25, 0.3) is 0 Å². The first kappa shape index (κ1) is 9.92. The van der Waals surface area contributed by atoms with E-state index in [9.17, 15) is 0 Å². The van der Waals surface area contributed by atoms with E-state index >= 15 is 0 Å². The van der Waals surface area contributed by atoms with Crippen LogP contribution in [0.1, 0.15) is 31.8 Å². The minimum absolute atomic E-state index is 0.704. The maximum absolute atomic E-state index is 5.30. The molecule has 0 saturated heterocycles. The number of hydrogen-bond donors (Lipinski definition) is 2. The van der Waals surface area contributed by atoms with Crippen molar-refractivity contribution in [2.24, 2.45) is 5.84 Å². The van der Waals surface area contributed by atoms with Crippen LogP contribution >= 0.6 is 0 Å². The van der Waals surface area contributed by atoms with Crippen LogP contribution in [0.4, 0.5) is 5.82 Å². The van der Waals surface area contributed by atoms with Crippen molar-refractivity contribution in [3.8, 4) is 0 Å². The van der Waals surface area contributed by atoms with Gasteiger partial charge in [-0.3, -0.25) is 0 Å². The van der Waals surface area contributed by atoms with E-state index in [2.05, 4.69) is 22.3 Å². The fourth-order valence-electron chi connectivity index (χ4n) is 1.17. The summed E-state index contributed by atoms with van der Waals surface area (Å²) in [5, 5.41) is 0. The first-order valence-corrected chi connectivity index (χ1v) is 4.63. The summed E-state index contributed by atoms with van der Waals surface area (Å²) in [6.45, 7) is 4.16. The van der Waals surface area contributed by atoms with E-state index in [0.29, 0.717) is 5.82 Å². The maximum atomic E-state index is 5.30. The van der Waals surface area contributed by atoms with E-state index in [4.69, 9.17) is 5.84 Å². The Hall–Kier alpha value is -1.16. The van der Waals surface area contributed by atoms with Crippen LogP contribution in [-0.4, -0.2) is 9.97 Å². The highest BCUT2D eigenvalue weighted by molar-refractivity contribution is 5.34. The van der Waals surface area contributed by atoms with Gasteiger partial charge in [-0.2, -0.15) is 0 Å². The summed E-state index contributed by atoms with van der Waals surface area (Å²) in [7, 11) is 0. The standard InChI is InChI=1S/C9H16N4/c1-3-5-7-6-9(13-10)12-8(4-2)11-7/h6H,3-5,10H2,1-2H3,(H,11,12,13). The van der Waals surface area contributed by atoms with Crippen molar-refractivity contribution < 1.29 is 0 Å². The topological polar surface area (TPSA) is 63.8 Å². The van der Waals surface area contributed by atoms with Crippen LogP contribution in [0.2, 0.25) is 0 Å². The number of aromatic nitrogens is 2. The number of rotatable bonds is 4. The Morgan fingerprint density at radius 2 is 2.15 bits per heavy atom. The molecule has 1 rings (SSSR count). The summed E-state index contributed by atoms with van der Waals surface area (Å²) in [6, 6.07) is 1.89. The highest BCUT2D eigenvalue weighted by atomic mass is 15.3. The Kier molecular flexibility index (Phi) is 3.64. The summed E-state index contributed by atoms with van der Waals surface area (Å²) < 4.78 is 0. The van der Waals surface area contributed by atoms with Crippen LogP contribution in [0.5, 0.6) is 0 Å². The number of hydrazine groups is 1. The molecule has 0 amide bonds. The highest BCUT2D eigenvalue weighted by Gasteiger charge is 2.01. The summed E-state index contributed by atoms with van der Waals surface area (Å²) in [6.07, 6.45) is 2.90. The first-order chi connectivity index (χ1) is 6.30. The Morgan fingerprint density at radius 1 is 1.38 bits per heavy atom. The predicted molar refractivity (Wildman–Crippen MR) is 53.2 cm³/mol. The van der Waals surface area contributed by atoms with Crippen molar-refractivity contribution in [1.82, 2.24) is 9.97 Å². The number of nitrogens with zero attached hydrogens (tertiary/aromatic N) is 2. The number of nitrogen functional groups attached to an aromatic ring is 1. The molecular weight excluding hydrogens is 164 g/mol. The highest BCUT2D eigenvalue weighted by Crippen LogP contribution is 2.07. The second-order valence-corrected chi connectivity index (χ2v) is 2.91. The molecule has 72 valence electrons. The molecule has 4 heteroatoms. The van der Waals surface area contributed by atoms with Crippen molar-refractivity contribution in [2.45, 2.75) is 33.1 Å². The zero-order valence-corrected chi connectivity index (χ0v) is 8.17. The van der Waals surface area contributed by atoms with Gasteiger partial charge in [0.1, 0.15) is 11.6 Å². The average molecular weight is 180 g/mol. The summed E-state index contributed by atoms with van der Waals surface area (Å²) >= 11 is 0. The summed E-state index contributed by atoms with van der Waals surface area (Å²) in [5.41, 5.74) is 3.61. The maximum Gasteiger partial charge on any atom is 0.143 e. The normalized spacial score (nSPS) is 10.1. The van der Waals surface area contributed by atoms with E-state index in [-0.39, 0.29) is 0 Å². The fourth-order valence-corrected chi connectivity index (χ4v) is 1.17. The van der Waals surface area contributed by atoms with Gasteiger partial charge in [0.15, 0.2) is 0 Å². The molecule has 0 aromatic carbocycles. The van der Waals surface area contributed by atoms with Gasteiger partial charge in [0, 0.05) is 18.2 Å². The summed E-state index contributed by atoms with van der Waals surface area (Å²) in [4.78, 5) is 8.59. The first-order valence-electron chi connectivity index (χ1n) is 4.63. The second kappa shape index (κ2) is 4.77. The zero-order valence-electron chi connectivity index (χ0n) is 8.17. The molecule has 0 aliphatic rings. The molecule has 0 atom stereocenters. The van der Waals surface area contributed by atoms with Gasteiger partial charge in [-0.05, 0) is 6.42 Å². The molecule has 0 radical (unpaired) electrons. The lowest BCUT2D eigenvalue weighted by atomic mass is 10.2. The second-order valence-electron chi connectivity index (χ2n) is 2.91. The number of anilines is 1. The van der Waals surface area contributed by atoms with Gasteiger partial charge in [-0.25, -0.2) is 15.8 Å². The lowest BCUT2D eigenvalue weighted by Gasteiger charge is -2.05. The molecule has 4 nitrogen and oxygen atoms in total. The van der Waals surface area contributed by atoms with Gasteiger partial charge >= 0.3 is 0 Å². The minimum atomic E-state index is 0.704. The van der Waals surface area contributed by atoms with Crippen molar-refractivity contribution >= 4 is 5.82 Å². The number of hydrogen-bond acceptors (Lipinski definition) is 4. The molecule has 0 spiro atoms. The van der Waals surface area contributed by atoms with Crippen LogP contribution in [0.15, 0.2) is 6.07 Å². The van der Waals surface area contributed by atoms with E-state index in [1.54, 1.807) is 0 Å². The molecular formula is C9H16N4. The molecule has 0 fully saturated rings. The average Bonchev–Trinajstić information content (AvgIpc) is 2.17. The Morgan fingerprint density at radius 3 is 2.69 bits per heavy atom. The van der Waals surface area contributed by atoms with Crippen molar-refractivity contribution in [2.75, 3.05) is 5.43 Å². The molecule has 0 unspecified atom stereocenters. The smallest absolute Gasteiger partial charge is 0.143 e. The molecule has 1 aromatic heterocycles. The molecule has 0 aliphatic carbocycles. The van der Waals surface area contributed by atoms with E-state index in [0.717, 1.165) is 30.8 Å². The molecule has 1 aromatic rings. The third-order valence-corrected chi connectivity index (χ3v) is 1.80. The third-order valence-electron chi connectivity index (χ3n) is 1.80. The van der Waals surface area contributed by atoms with E-state index < -0.39 is 0 Å². The Balaban J connectivity index is 2.93. The zero-order chi connectivity index (χ0) is 9.68. The quantitative estimate of drug-likeness (QED) is 0.541. The van der Waals surface area contributed by atoms with Crippen LogP contribution in [0.3, 0.4) is 0 Å². The van der Waals surface area contributed by atoms with E-state index in [1.165, 1.54) is 0 Å². The van der Waals surface area contributed by atoms with Crippen molar-refractivity contribution in [3.63, 3.8) is 0 Å². The summed E-state index contributed by atoms with van der Waals surface area (Å²) in [5.74, 6) is 6.85. The molecule has 0 saturated carbocycles. The van der Waals surface area contributed by atoms with Gasteiger partial charge in [0.05, 0.1) is 0 Å². The molecule has 1 heterocycles. The van der Waals surface area contributed by atoms with Crippen LogP contribution < -0.4 is 11.3 Å². The number of aryl methyl sites for hydroxylation is 2. The monoisotopic (exact) mass is 180 g/mol. The molecule has 0 aliphatic heterocycles. The third kappa shape index (κ3) is 2.66. The Bertz CT molecular complexity index is 250. The molecule has 13 heavy (non-hydrogen) atoms. The Labute approximate surface area is 78.6 Å². The SMILES string of the molecule is CCCc1cc(NN)nc(CC)n1. The fraction of sp³-hybridized carbons (Fsp3) is 0.556. The van der Waals surface area contributed by atoms with E-state index in [1.807, 2.05) is 13.0 Å². The van der Waals surface area contributed by atoms with Crippen molar-refractivity contribution in [1.29, 1.82) is 0 Å². The van der Waals surface area contributed by atoms with Gasteiger partial charge in [-0.15, -0.1) is 0 Å². The predicted octanol–water partition coefficient (Wildman–Crippen LogP) is 1.28. The van der Waals surface area contributed by atoms with Gasteiger partial charge in [-0.1, -0.05) is 20.3 Å². The van der Waals surface area contributed by atoms with Crippen LogP contribution in [0.25, 0.3) is 0 Å². The van der Waals surface area contributed by atoms with Gasteiger partial charge in [0.2, 0.25) is 0 Å². The minimum Gasteiger partial charge on any atom is -0.308 e.